The number of carbonyl (C=O) groups is 6. The van der Waals surface area contributed by atoms with Crippen molar-refractivity contribution >= 4 is 52.9 Å². The fourth-order valence-corrected chi connectivity index (χ4v) is 10.8. The van der Waals surface area contributed by atoms with Crippen molar-refractivity contribution in [1.82, 2.24) is 37.2 Å². The minimum Gasteiger partial charge on any atom is -0.481 e. The first-order chi connectivity index (χ1) is 41.8. The van der Waals surface area contributed by atoms with Crippen LogP contribution >= 0.6 is 0 Å². The molecule has 4 aromatic carbocycles. The van der Waals surface area contributed by atoms with Gasteiger partial charge in [0.05, 0.1) is 29.9 Å². The first-order valence-electron chi connectivity index (χ1n) is 29.9. The summed E-state index contributed by atoms with van der Waals surface area (Å²) in [5, 5.41) is 72.4. The molecule has 2 aliphatic rings. The second kappa shape index (κ2) is 32.4. The highest BCUT2D eigenvalue weighted by atomic mass is 16.6. The quantitative estimate of drug-likeness (QED) is 0.0103. The van der Waals surface area contributed by atoms with Gasteiger partial charge in [-0.05, 0) is 127 Å². The molecule has 25 nitrogen and oxygen atoms in total. The van der Waals surface area contributed by atoms with E-state index in [1.165, 1.54) is 13.8 Å². The molecule has 16 N–H and O–H groups in total. The molecule has 6 rings (SSSR count). The van der Waals surface area contributed by atoms with E-state index in [-0.39, 0.29) is 57.1 Å². The van der Waals surface area contributed by atoms with Crippen LogP contribution in [0.25, 0.3) is 0 Å². The van der Waals surface area contributed by atoms with Gasteiger partial charge in [0, 0.05) is 106 Å². The summed E-state index contributed by atoms with van der Waals surface area (Å²) in [7, 11) is 9.27. The van der Waals surface area contributed by atoms with E-state index in [4.69, 9.17) is 20.9 Å². The molecule has 4 aromatic rings. The number of anilines is 2. The second-order valence-electron chi connectivity index (χ2n) is 23.1. The Balaban J connectivity index is 1.11. The Morgan fingerprint density at radius 2 is 1.27 bits per heavy atom. The van der Waals surface area contributed by atoms with Crippen molar-refractivity contribution in [1.29, 1.82) is 0 Å². The maximum Gasteiger partial charge on any atom is 0.340 e. The first kappa shape index (κ1) is 69.2. The van der Waals surface area contributed by atoms with Gasteiger partial charge in [0.25, 0.3) is 5.91 Å². The van der Waals surface area contributed by atoms with E-state index in [0.717, 1.165) is 16.9 Å². The molecule has 2 aliphatic heterocycles. The molecule has 0 aliphatic carbocycles. The van der Waals surface area contributed by atoms with Gasteiger partial charge in [-0.25, -0.2) is 4.79 Å². The highest BCUT2D eigenvalue weighted by molar-refractivity contribution is 6.01. The summed E-state index contributed by atoms with van der Waals surface area (Å²) in [6.07, 6.45) is -2.58. The van der Waals surface area contributed by atoms with Gasteiger partial charge >= 0.3 is 11.9 Å². The number of hydrogen-bond donors (Lipinski definition) is 14. The Kier molecular flexibility index (Phi) is 25.4. The fourth-order valence-electron chi connectivity index (χ4n) is 10.8. The molecule has 480 valence electrons. The van der Waals surface area contributed by atoms with Crippen molar-refractivity contribution < 1.29 is 63.8 Å². The minimum absolute atomic E-state index is 0.0356. The Bertz CT molecular complexity index is 2990. The van der Waals surface area contributed by atoms with Gasteiger partial charge in [-0.2, -0.15) is 0 Å². The number of unbranched alkanes of at least 4 members (excludes halogenated alkanes) is 2. The number of carboxylic acids is 1. The molecular weight excluding hydrogens is 1130 g/mol. The number of nitrogens with zero attached hydrogens (tertiary/aromatic N) is 3. The van der Waals surface area contributed by atoms with Gasteiger partial charge in [0.1, 0.15) is 36.0 Å². The van der Waals surface area contributed by atoms with Crippen LogP contribution in [0.4, 0.5) is 11.4 Å². The lowest BCUT2D eigenvalue weighted by Crippen LogP contribution is -2.60. The number of nitrogens with two attached hydrogens (primary N) is 2. The predicted octanol–water partition coefficient (Wildman–Crippen LogP) is 2.00. The van der Waals surface area contributed by atoms with Crippen molar-refractivity contribution in [3.05, 3.63) is 118 Å². The van der Waals surface area contributed by atoms with Gasteiger partial charge in [-0.3, -0.25) is 39.6 Å². The number of esters is 1. The standard InChI is InChI=1S/C63H90N12O13/c1-36(76)32-51(66-4)60(85)69-37(2)55(80)71-50(28-29-54(78)79)59(84)73-49(27-20-39-16-11-9-12-17-39)58(83)72-48(19-15-31-68-62(64)65)57(82)70-47(38(3)77)18-13-10-14-30-67-56(81)40-21-24-43-46(33-40)63(88-61(43)86)44-25-22-41(74(5)6)34-52(44)87-53-35-42(75(7)8)23-26-45(53)63/h9,11-12,16-17,21-26,33-38,47-51,55,60,66,69,71,76-77,80,85H,10,13-15,18-20,27-32H2,1-8H3,(H,67,81)(H,70,82)(H,72,83)(H,73,84)(H,78,79)(H4,64,65,68)/t36?,37-,38?,47?,48?,49?,50?,51?,55?,60?/m1/s1. The number of guanidine groups is 1. The molecular formula is C63H90N12O13. The van der Waals surface area contributed by atoms with Crippen LogP contribution in [0, 0.1) is 0 Å². The summed E-state index contributed by atoms with van der Waals surface area (Å²) in [5.41, 5.74) is 14.8. The summed E-state index contributed by atoms with van der Waals surface area (Å²) >= 11 is 0. The zero-order chi connectivity index (χ0) is 64.4. The van der Waals surface area contributed by atoms with E-state index >= 15 is 0 Å². The molecule has 0 saturated carbocycles. The van der Waals surface area contributed by atoms with Crippen molar-refractivity contribution in [2.24, 2.45) is 16.5 Å². The van der Waals surface area contributed by atoms with E-state index in [1.54, 1.807) is 32.2 Å². The average molecular weight is 1220 g/mol. The second-order valence-corrected chi connectivity index (χ2v) is 23.1. The number of carbonyl (C=O) groups excluding carboxylic acids is 5. The molecule has 9 unspecified atom stereocenters. The minimum atomic E-state index is -1.52. The van der Waals surface area contributed by atoms with Gasteiger partial charge in [0.15, 0.2) is 11.6 Å². The number of amides is 4. The maximum atomic E-state index is 14.5. The van der Waals surface area contributed by atoms with Crippen LogP contribution < -0.4 is 63.2 Å². The first-order valence-corrected chi connectivity index (χ1v) is 29.9. The normalized spacial score (nSPS) is 16.2. The molecule has 4 amide bonds. The number of ether oxygens (including phenoxy) is 2. The third kappa shape index (κ3) is 18.6. The van der Waals surface area contributed by atoms with Gasteiger partial charge in [0.2, 0.25) is 17.7 Å². The summed E-state index contributed by atoms with van der Waals surface area (Å²) in [5.74, 6) is -3.45. The van der Waals surface area contributed by atoms with Crippen molar-refractivity contribution in [2.45, 2.75) is 158 Å². The highest BCUT2D eigenvalue weighted by Gasteiger charge is 2.54. The number of aliphatic carboxylic acids is 1. The smallest absolute Gasteiger partial charge is 0.340 e. The third-order valence-electron chi connectivity index (χ3n) is 15.8. The number of aliphatic imine (C=N–C) groups is 1. The Labute approximate surface area is 514 Å². The topological polar surface area (TPSA) is 377 Å². The molecule has 88 heavy (non-hydrogen) atoms. The zero-order valence-electron chi connectivity index (χ0n) is 51.5. The van der Waals surface area contributed by atoms with Crippen LogP contribution in [-0.4, -0.2) is 176 Å². The molecule has 0 fully saturated rings. The molecule has 2 heterocycles. The molecule has 0 saturated heterocycles. The lowest BCUT2D eigenvalue weighted by molar-refractivity contribution is -0.138. The number of hydrogen-bond acceptors (Lipinski definition) is 18. The number of likely N-dealkylation sites (N-methyl/N-ethyl adjacent to an activating group) is 1. The number of nitrogens with one attached hydrogen (secondary N) is 7. The largest absolute Gasteiger partial charge is 0.481 e. The fraction of sp³-hybridized carbons (Fsp3) is 0.508. The van der Waals surface area contributed by atoms with Crippen molar-refractivity contribution in [3.8, 4) is 11.5 Å². The van der Waals surface area contributed by atoms with Crippen LogP contribution in [-0.2, 0) is 35.9 Å². The van der Waals surface area contributed by atoms with Crippen LogP contribution in [0.1, 0.15) is 128 Å². The lowest BCUT2D eigenvalue weighted by atomic mass is 9.77. The number of carboxylic acid groups (broad SMARTS) is 1. The number of aryl methyl sites for hydroxylation is 1. The molecule has 0 aromatic heterocycles. The summed E-state index contributed by atoms with van der Waals surface area (Å²) in [6, 6.07) is 19.3. The number of aliphatic hydroxyl groups is 4. The SMILES string of the molecule is CNC(CC(C)O)C(O)N[C@H](C)C(O)NC(CCC(=O)O)C(=O)NC(CCc1ccccc1)C(=O)NC(CCCN=C(N)N)C(=O)NC(CCCCCNC(=O)c1ccc2c(c1)C1(OC2=O)c2ccc(N(C)C)cc2Oc2cc(N(C)C)ccc21)C(C)O. The maximum absolute atomic E-state index is 14.5. The summed E-state index contributed by atoms with van der Waals surface area (Å²) in [6.45, 7) is 5.03. The van der Waals surface area contributed by atoms with Crippen molar-refractivity contribution in [3.63, 3.8) is 0 Å². The molecule has 10 atom stereocenters. The Morgan fingerprint density at radius 3 is 1.85 bits per heavy atom. The van der Waals surface area contributed by atoms with Gasteiger partial charge < -0.3 is 82.9 Å². The third-order valence-corrected chi connectivity index (χ3v) is 15.8. The predicted molar refractivity (Wildman–Crippen MR) is 334 cm³/mol. The van der Waals surface area contributed by atoms with E-state index in [0.29, 0.717) is 71.4 Å². The molecule has 0 radical (unpaired) electrons. The van der Waals surface area contributed by atoms with Gasteiger partial charge in [-0.15, -0.1) is 0 Å². The van der Waals surface area contributed by atoms with Crippen LogP contribution in [0.15, 0.2) is 89.9 Å². The summed E-state index contributed by atoms with van der Waals surface area (Å²) < 4.78 is 12.9. The van der Waals surface area contributed by atoms with E-state index in [9.17, 15) is 54.3 Å². The number of benzene rings is 4. The van der Waals surface area contributed by atoms with Crippen LogP contribution in [0.2, 0.25) is 0 Å². The number of rotatable bonds is 35. The van der Waals surface area contributed by atoms with Crippen LogP contribution in [0.5, 0.6) is 11.5 Å². The number of fused-ring (bicyclic) bond motifs is 6. The Morgan fingerprint density at radius 1 is 0.659 bits per heavy atom. The van der Waals surface area contributed by atoms with E-state index in [2.05, 4.69) is 42.2 Å². The van der Waals surface area contributed by atoms with Crippen molar-refractivity contribution in [2.75, 3.05) is 58.1 Å². The van der Waals surface area contributed by atoms with Crippen LogP contribution in [0.3, 0.4) is 0 Å². The Hall–Kier alpha value is -7.91. The van der Waals surface area contributed by atoms with E-state index < -0.39 is 103 Å². The highest BCUT2D eigenvalue weighted by Crippen LogP contribution is 2.57. The molecule has 0 bridgehead atoms. The molecule has 1 spiro atoms. The monoisotopic (exact) mass is 1220 g/mol. The average Bonchev–Trinajstić information content (AvgIpc) is 1.43. The zero-order valence-corrected chi connectivity index (χ0v) is 51.5. The van der Waals surface area contributed by atoms with Gasteiger partial charge in [-0.1, -0.05) is 43.2 Å². The summed E-state index contributed by atoms with van der Waals surface area (Å²) in [4.78, 5) is 90.3. The lowest BCUT2D eigenvalue weighted by Gasteiger charge is -2.37. The van der Waals surface area contributed by atoms with E-state index in [1.807, 2.05) is 105 Å². The molecule has 25 heteroatoms. The number of aliphatic hydroxyl groups excluding tert-OH is 4.